The highest BCUT2D eigenvalue weighted by atomic mass is 19.3. The van der Waals surface area contributed by atoms with Gasteiger partial charge in [-0.15, -0.1) is 0 Å². The molecule has 22 heavy (non-hydrogen) atoms. The van der Waals surface area contributed by atoms with Crippen molar-refractivity contribution in [3.8, 4) is 17.6 Å². The summed E-state index contributed by atoms with van der Waals surface area (Å²) in [5.74, 6) is -0.762. The number of methoxy groups -OCH3 is 1. The lowest BCUT2D eigenvalue weighted by molar-refractivity contribution is -0.0512. The molecule has 5 nitrogen and oxygen atoms in total. The predicted molar refractivity (Wildman–Crippen MR) is 75.9 cm³/mol. The van der Waals surface area contributed by atoms with E-state index in [1.807, 2.05) is 13.8 Å². The molecule has 1 N–H and O–H groups in total. The number of rotatable bonds is 6. The van der Waals surface area contributed by atoms with Gasteiger partial charge in [-0.05, 0) is 31.0 Å². The first-order chi connectivity index (χ1) is 10.2. The van der Waals surface area contributed by atoms with E-state index in [0.29, 0.717) is 0 Å². The van der Waals surface area contributed by atoms with Crippen LogP contribution in [0.3, 0.4) is 0 Å². The lowest BCUT2D eigenvalue weighted by atomic mass is 9.89. The molecule has 0 radical (unpaired) electrons. The molecule has 0 bridgehead atoms. The summed E-state index contributed by atoms with van der Waals surface area (Å²) in [6.45, 7) is 2.24. The lowest BCUT2D eigenvalue weighted by Gasteiger charge is -2.27. The molecule has 1 amide bonds. The van der Waals surface area contributed by atoms with E-state index in [1.54, 1.807) is 6.92 Å². The Kier molecular flexibility index (Phi) is 5.69. The maximum atomic E-state index is 12.3. The van der Waals surface area contributed by atoms with Gasteiger partial charge in [-0.3, -0.25) is 4.79 Å². The van der Waals surface area contributed by atoms with Crippen molar-refractivity contribution >= 4 is 5.91 Å². The number of benzene rings is 1. The molecular weight excluding hydrogens is 294 g/mol. The Morgan fingerprint density at radius 2 is 2.00 bits per heavy atom. The number of nitrogens with one attached hydrogen (secondary N) is 1. The first-order valence-electron chi connectivity index (χ1n) is 6.60. The van der Waals surface area contributed by atoms with E-state index in [-0.39, 0.29) is 23.0 Å². The standard InChI is InChI=1S/C15H18F2N2O3/c1-9(2)15(3,8-18)19-13(20)10-5-6-11(22-14(16)17)12(7-10)21-4/h5-7,9,14H,1-4H3,(H,19,20)/t15-/m1/s1. The van der Waals surface area contributed by atoms with Crippen molar-refractivity contribution in [1.82, 2.24) is 5.32 Å². The van der Waals surface area contributed by atoms with Gasteiger partial charge < -0.3 is 14.8 Å². The molecule has 1 aromatic rings. The number of nitriles is 1. The quantitative estimate of drug-likeness (QED) is 0.876. The molecule has 120 valence electrons. The van der Waals surface area contributed by atoms with Gasteiger partial charge in [-0.25, -0.2) is 0 Å². The van der Waals surface area contributed by atoms with E-state index >= 15 is 0 Å². The van der Waals surface area contributed by atoms with E-state index in [0.717, 1.165) is 0 Å². The van der Waals surface area contributed by atoms with Crippen molar-refractivity contribution < 1.29 is 23.0 Å². The highest BCUT2D eigenvalue weighted by molar-refractivity contribution is 5.95. The van der Waals surface area contributed by atoms with Crippen LogP contribution in [0, 0.1) is 17.2 Å². The fourth-order valence-electron chi connectivity index (χ4n) is 1.61. The maximum Gasteiger partial charge on any atom is 0.387 e. The molecule has 0 spiro atoms. The monoisotopic (exact) mass is 312 g/mol. The number of alkyl halides is 2. The van der Waals surface area contributed by atoms with Crippen LogP contribution in [0.5, 0.6) is 11.5 Å². The third kappa shape index (κ3) is 4.07. The number of ether oxygens (including phenoxy) is 2. The summed E-state index contributed by atoms with van der Waals surface area (Å²) in [5, 5.41) is 11.8. The first kappa shape index (κ1) is 17.7. The minimum absolute atomic E-state index is 0.0103. The van der Waals surface area contributed by atoms with Crippen LogP contribution in [-0.4, -0.2) is 25.2 Å². The number of carbonyl (C=O) groups is 1. The summed E-state index contributed by atoms with van der Waals surface area (Å²) in [6.07, 6.45) is 0. The largest absolute Gasteiger partial charge is 0.493 e. The third-order valence-corrected chi connectivity index (χ3v) is 3.40. The Hall–Kier alpha value is -2.36. The van der Waals surface area contributed by atoms with Crippen LogP contribution in [0.15, 0.2) is 18.2 Å². The maximum absolute atomic E-state index is 12.3. The van der Waals surface area contributed by atoms with Crippen molar-refractivity contribution in [2.75, 3.05) is 7.11 Å². The fraction of sp³-hybridized carbons (Fsp3) is 0.467. The molecule has 0 saturated carbocycles. The molecule has 0 heterocycles. The van der Waals surface area contributed by atoms with E-state index < -0.39 is 18.1 Å². The normalized spacial score (nSPS) is 13.4. The molecule has 0 saturated heterocycles. The van der Waals surface area contributed by atoms with Gasteiger partial charge in [-0.2, -0.15) is 14.0 Å². The summed E-state index contributed by atoms with van der Waals surface area (Å²) >= 11 is 0. The summed E-state index contributed by atoms with van der Waals surface area (Å²) < 4.78 is 33.7. The summed E-state index contributed by atoms with van der Waals surface area (Å²) in [7, 11) is 1.28. The Labute approximate surface area is 127 Å². The summed E-state index contributed by atoms with van der Waals surface area (Å²) in [5.41, 5.74) is -0.858. The molecule has 0 aromatic heterocycles. The van der Waals surface area contributed by atoms with Crippen LogP contribution in [0.4, 0.5) is 8.78 Å². The Bertz CT molecular complexity index is 585. The molecule has 1 atom stereocenters. The topological polar surface area (TPSA) is 71.3 Å². The number of halogens is 2. The Morgan fingerprint density at radius 3 is 2.45 bits per heavy atom. The van der Waals surface area contributed by atoms with Crippen molar-refractivity contribution in [2.45, 2.75) is 32.9 Å². The van der Waals surface area contributed by atoms with E-state index in [4.69, 9.17) is 4.74 Å². The number of carbonyl (C=O) groups excluding carboxylic acids is 1. The molecule has 0 fully saturated rings. The smallest absolute Gasteiger partial charge is 0.387 e. The fourth-order valence-corrected chi connectivity index (χ4v) is 1.61. The van der Waals surface area contributed by atoms with Gasteiger partial charge in [0.1, 0.15) is 5.54 Å². The van der Waals surface area contributed by atoms with Crippen LogP contribution < -0.4 is 14.8 Å². The summed E-state index contributed by atoms with van der Waals surface area (Å²) in [4.78, 5) is 12.2. The van der Waals surface area contributed by atoms with Crippen molar-refractivity contribution in [3.63, 3.8) is 0 Å². The minimum Gasteiger partial charge on any atom is -0.493 e. The van der Waals surface area contributed by atoms with Gasteiger partial charge in [0.2, 0.25) is 0 Å². The third-order valence-electron chi connectivity index (χ3n) is 3.40. The zero-order valence-corrected chi connectivity index (χ0v) is 12.8. The molecule has 1 rings (SSSR count). The van der Waals surface area contributed by atoms with Crippen LogP contribution >= 0.6 is 0 Å². The van der Waals surface area contributed by atoms with E-state index in [9.17, 15) is 18.8 Å². The van der Waals surface area contributed by atoms with Crippen LogP contribution in [0.2, 0.25) is 0 Å². The van der Waals surface area contributed by atoms with Gasteiger partial charge in [-0.1, -0.05) is 13.8 Å². The Balaban J connectivity index is 3.03. The second-order valence-electron chi connectivity index (χ2n) is 5.17. The molecule has 1 aromatic carbocycles. The Morgan fingerprint density at radius 1 is 1.36 bits per heavy atom. The van der Waals surface area contributed by atoms with Crippen molar-refractivity contribution in [3.05, 3.63) is 23.8 Å². The van der Waals surface area contributed by atoms with Crippen molar-refractivity contribution in [2.24, 2.45) is 5.92 Å². The molecule has 0 aliphatic heterocycles. The van der Waals surface area contributed by atoms with Crippen LogP contribution in [0.1, 0.15) is 31.1 Å². The molecule has 7 heteroatoms. The zero-order valence-electron chi connectivity index (χ0n) is 12.8. The van der Waals surface area contributed by atoms with Gasteiger partial charge in [0.25, 0.3) is 5.91 Å². The van der Waals surface area contributed by atoms with Crippen LogP contribution in [0.25, 0.3) is 0 Å². The SMILES string of the molecule is COc1cc(C(=O)N[C@](C)(C#N)C(C)C)ccc1OC(F)F. The molecule has 0 aliphatic carbocycles. The highest BCUT2D eigenvalue weighted by Crippen LogP contribution is 2.29. The average Bonchev–Trinajstić information content (AvgIpc) is 2.46. The zero-order chi connectivity index (χ0) is 16.9. The summed E-state index contributed by atoms with van der Waals surface area (Å²) in [6, 6.07) is 5.89. The number of hydrogen-bond acceptors (Lipinski definition) is 4. The van der Waals surface area contributed by atoms with Gasteiger partial charge in [0, 0.05) is 5.56 Å². The molecular formula is C15H18F2N2O3. The van der Waals surface area contributed by atoms with Crippen molar-refractivity contribution in [1.29, 1.82) is 5.26 Å². The van der Waals surface area contributed by atoms with E-state index in [1.165, 1.54) is 25.3 Å². The van der Waals surface area contributed by atoms with Crippen LogP contribution in [-0.2, 0) is 0 Å². The minimum atomic E-state index is -2.99. The average molecular weight is 312 g/mol. The van der Waals surface area contributed by atoms with E-state index in [2.05, 4.69) is 16.1 Å². The number of nitrogens with zero attached hydrogens (tertiary/aromatic N) is 1. The number of hydrogen-bond donors (Lipinski definition) is 1. The van der Waals surface area contributed by atoms with Gasteiger partial charge in [0.05, 0.1) is 13.2 Å². The highest BCUT2D eigenvalue weighted by Gasteiger charge is 2.30. The number of amides is 1. The second-order valence-corrected chi connectivity index (χ2v) is 5.17. The predicted octanol–water partition coefficient (Wildman–Crippen LogP) is 2.96. The first-order valence-corrected chi connectivity index (χ1v) is 6.60. The molecule has 0 aliphatic rings. The second kappa shape index (κ2) is 7.07. The van der Waals surface area contributed by atoms with Gasteiger partial charge in [0.15, 0.2) is 11.5 Å². The lowest BCUT2D eigenvalue weighted by Crippen LogP contribution is -2.48. The van der Waals surface area contributed by atoms with Gasteiger partial charge >= 0.3 is 6.61 Å². The molecule has 0 unspecified atom stereocenters.